The molecule has 0 aliphatic carbocycles. The Labute approximate surface area is 177 Å². The molecule has 2 unspecified atom stereocenters. The molecular formula is C27H23N3. The van der Waals surface area contributed by atoms with E-state index in [0.29, 0.717) is 0 Å². The molecule has 0 radical (unpaired) electrons. The van der Waals surface area contributed by atoms with E-state index in [-0.39, 0.29) is 12.3 Å². The van der Waals surface area contributed by atoms with Crippen molar-refractivity contribution in [3.8, 4) is 11.1 Å². The highest BCUT2D eigenvalue weighted by Crippen LogP contribution is 2.26. The lowest BCUT2D eigenvalue weighted by atomic mass is 10.0. The fourth-order valence-electron chi connectivity index (χ4n) is 3.78. The fraction of sp³-hybridized carbons (Fsp3) is 0.0741. The number of aliphatic imine (C=N–C) groups is 1. The maximum atomic E-state index is 4.96. The zero-order valence-electron chi connectivity index (χ0n) is 16.6. The summed E-state index contributed by atoms with van der Waals surface area (Å²) >= 11 is 0. The van der Waals surface area contributed by atoms with Gasteiger partial charge in [-0.1, -0.05) is 115 Å². The van der Waals surface area contributed by atoms with Crippen LogP contribution < -0.4 is 10.6 Å². The molecule has 0 fully saturated rings. The Hall–Kier alpha value is -3.69. The first-order chi connectivity index (χ1) is 14.9. The zero-order valence-corrected chi connectivity index (χ0v) is 16.6. The SMILES string of the molecule is c1ccc(C2=NC(c3ccccc3)NC(c3ccc(-c4ccccc4)cc3)N2)cc1. The van der Waals surface area contributed by atoms with Crippen LogP contribution in [0, 0.1) is 0 Å². The summed E-state index contributed by atoms with van der Waals surface area (Å²) in [6.45, 7) is 0. The van der Waals surface area contributed by atoms with E-state index in [1.54, 1.807) is 0 Å². The van der Waals surface area contributed by atoms with Crippen LogP contribution in [0.5, 0.6) is 0 Å². The van der Waals surface area contributed by atoms with Gasteiger partial charge in [-0.05, 0) is 22.3 Å². The minimum absolute atomic E-state index is 0.0345. The summed E-state index contributed by atoms with van der Waals surface area (Å²) in [5, 5.41) is 7.23. The highest BCUT2D eigenvalue weighted by molar-refractivity contribution is 5.99. The Kier molecular flexibility index (Phi) is 5.11. The summed E-state index contributed by atoms with van der Waals surface area (Å²) in [5.74, 6) is 0.903. The van der Waals surface area contributed by atoms with Gasteiger partial charge in [0.25, 0.3) is 0 Å². The number of benzene rings is 4. The topological polar surface area (TPSA) is 36.4 Å². The van der Waals surface area contributed by atoms with Crippen LogP contribution in [0.2, 0.25) is 0 Å². The number of hydrogen-bond donors (Lipinski definition) is 2. The van der Waals surface area contributed by atoms with Crippen molar-refractivity contribution >= 4 is 5.84 Å². The number of nitrogens with zero attached hydrogens (tertiary/aromatic N) is 1. The van der Waals surface area contributed by atoms with Gasteiger partial charge >= 0.3 is 0 Å². The third-order valence-corrected chi connectivity index (χ3v) is 5.38. The van der Waals surface area contributed by atoms with Gasteiger partial charge in [0.05, 0.1) is 0 Å². The molecule has 1 heterocycles. The standard InChI is InChI=1S/C27H23N3/c1-4-10-20(11-5-1)21-16-18-24(19-17-21)27-29-25(22-12-6-2-7-13-22)28-26(30-27)23-14-8-3-9-15-23/h1-19,25,27,29H,(H,28,30). The molecule has 3 nitrogen and oxygen atoms in total. The van der Waals surface area contributed by atoms with Crippen LogP contribution in [0.1, 0.15) is 29.0 Å². The van der Waals surface area contributed by atoms with Crippen molar-refractivity contribution in [3.63, 3.8) is 0 Å². The van der Waals surface area contributed by atoms with Crippen molar-refractivity contribution in [2.75, 3.05) is 0 Å². The summed E-state index contributed by atoms with van der Waals surface area (Å²) in [5.41, 5.74) is 5.86. The molecule has 4 aromatic rings. The van der Waals surface area contributed by atoms with Gasteiger partial charge in [-0.3, -0.25) is 5.32 Å². The monoisotopic (exact) mass is 389 g/mol. The number of hydrogen-bond acceptors (Lipinski definition) is 3. The van der Waals surface area contributed by atoms with Crippen LogP contribution in [0.15, 0.2) is 120 Å². The summed E-state index contributed by atoms with van der Waals surface area (Å²) in [6, 6.07) is 39.9. The van der Waals surface area contributed by atoms with Crippen molar-refractivity contribution < 1.29 is 0 Å². The van der Waals surface area contributed by atoms with E-state index < -0.39 is 0 Å². The molecule has 0 amide bonds. The highest BCUT2D eigenvalue weighted by atomic mass is 15.3. The quantitative estimate of drug-likeness (QED) is 0.470. The van der Waals surface area contributed by atoms with Crippen LogP contribution >= 0.6 is 0 Å². The van der Waals surface area contributed by atoms with Crippen LogP contribution in [-0.4, -0.2) is 5.84 Å². The average molecular weight is 390 g/mol. The van der Waals surface area contributed by atoms with Crippen LogP contribution in [0.25, 0.3) is 11.1 Å². The molecule has 3 heteroatoms. The molecular weight excluding hydrogens is 366 g/mol. The summed E-state index contributed by atoms with van der Waals surface area (Å²) < 4.78 is 0. The second-order valence-electron chi connectivity index (χ2n) is 7.39. The second-order valence-corrected chi connectivity index (χ2v) is 7.39. The average Bonchev–Trinajstić information content (AvgIpc) is 2.85. The largest absolute Gasteiger partial charge is 0.350 e. The van der Waals surface area contributed by atoms with Crippen molar-refractivity contribution in [2.24, 2.45) is 4.99 Å². The van der Waals surface area contributed by atoms with Crippen molar-refractivity contribution in [3.05, 3.63) is 132 Å². The van der Waals surface area contributed by atoms with Gasteiger partial charge in [0.2, 0.25) is 0 Å². The Morgan fingerprint density at radius 2 is 1.03 bits per heavy atom. The molecule has 2 N–H and O–H groups in total. The molecule has 0 saturated carbocycles. The van der Waals surface area contributed by atoms with Crippen LogP contribution in [0.4, 0.5) is 0 Å². The van der Waals surface area contributed by atoms with E-state index in [1.807, 2.05) is 30.3 Å². The lowest BCUT2D eigenvalue weighted by Crippen LogP contribution is -2.44. The maximum Gasteiger partial charge on any atom is 0.131 e. The van der Waals surface area contributed by atoms with E-state index in [4.69, 9.17) is 4.99 Å². The maximum absolute atomic E-state index is 4.96. The first-order valence-corrected chi connectivity index (χ1v) is 10.2. The predicted octanol–water partition coefficient (Wildman–Crippen LogP) is 5.69. The van der Waals surface area contributed by atoms with E-state index >= 15 is 0 Å². The van der Waals surface area contributed by atoms with Gasteiger partial charge in [0.1, 0.15) is 18.2 Å². The van der Waals surface area contributed by atoms with Gasteiger partial charge in [0.15, 0.2) is 0 Å². The molecule has 2 atom stereocenters. The van der Waals surface area contributed by atoms with Crippen molar-refractivity contribution in [1.82, 2.24) is 10.6 Å². The van der Waals surface area contributed by atoms with Crippen molar-refractivity contribution in [2.45, 2.75) is 12.3 Å². The third kappa shape index (κ3) is 3.88. The fourth-order valence-corrected chi connectivity index (χ4v) is 3.78. The lowest BCUT2D eigenvalue weighted by molar-refractivity contribution is 0.409. The molecule has 30 heavy (non-hydrogen) atoms. The molecule has 0 bridgehead atoms. The lowest BCUT2D eigenvalue weighted by Gasteiger charge is -2.32. The Balaban J connectivity index is 1.47. The number of amidine groups is 1. The molecule has 146 valence electrons. The van der Waals surface area contributed by atoms with E-state index in [2.05, 4.69) is 95.6 Å². The Morgan fingerprint density at radius 3 is 1.67 bits per heavy atom. The van der Waals surface area contributed by atoms with Crippen LogP contribution in [-0.2, 0) is 0 Å². The van der Waals surface area contributed by atoms with Gasteiger partial charge in [0, 0.05) is 5.56 Å². The zero-order chi connectivity index (χ0) is 20.2. The molecule has 0 saturated heterocycles. The molecule has 5 rings (SSSR count). The Morgan fingerprint density at radius 1 is 0.500 bits per heavy atom. The molecule has 1 aliphatic heterocycles. The summed E-state index contributed by atoms with van der Waals surface area (Å²) in [6.07, 6.45) is -0.144. The van der Waals surface area contributed by atoms with E-state index in [9.17, 15) is 0 Å². The first kappa shape index (κ1) is 18.3. The summed E-state index contributed by atoms with van der Waals surface area (Å²) in [4.78, 5) is 4.96. The van der Waals surface area contributed by atoms with Gasteiger partial charge < -0.3 is 5.32 Å². The minimum atomic E-state index is -0.110. The first-order valence-electron chi connectivity index (χ1n) is 10.2. The smallest absolute Gasteiger partial charge is 0.131 e. The molecule has 0 spiro atoms. The highest BCUT2D eigenvalue weighted by Gasteiger charge is 2.25. The minimum Gasteiger partial charge on any atom is -0.350 e. The van der Waals surface area contributed by atoms with Gasteiger partial charge in [-0.2, -0.15) is 0 Å². The summed E-state index contributed by atoms with van der Waals surface area (Å²) in [7, 11) is 0. The van der Waals surface area contributed by atoms with Crippen molar-refractivity contribution in [1.29, 1.82) is 0 Å². The second kappa shape index (κ2) is 8.36. The molecule has 0 aromatic heterocycles. The van der Waals surface area contributed by atoms with E-state index in [0.717, 1.165) is 17.0 Å². The Bertz CT molecular complexity index is 1120. The number of nitrogens with one attached hydrogen (secondary N) is 2. The van der Waals surface area contributed by atoms with Crippen LogP contribution in [0.3, 0.4) is 0 Å². The number of rotatable bonds is 4. The third-order valence-electron chi connectivity index (χ3n) is 5.38. The van der Waals surface area contributed by atoms with E-state index in [1.165, 1.54) is 16.7 Å². The van der Waals surface area contributed by atoms with Gasteiger partial charge in [-0.25, -0.2) is 4.99 Å². The van der Waals surface area contributed by atoms with Gasteiger partial charge in [-0.15, -0.1) is 0 Å². The molecule has 4 aromatic carbocycles. The predicted molar refractivity (Wildman–Crippen MR) is 123 cm³/mol. The normalized spacial score (nSPS) is 18.3. The molecule has 1 aliphatic rings.